The largest absolute Gasteiger partial charge is 0.497 e. The molecule has 3 aromatic rings. The Balaban J connectivity index is 1.18. The van der Waals surface area contributed by atoms with Crippen LogP contribution in [0.15, 0.2) is 48.7 Å². The zero-order valence-electron chi connectivity index (χ0n) is 30.2. The lowest BCUT2D eigenvalue weighted by atomic mass is 9.60. The van der Waals surface area contributed by atoms with Crippen molar-refractivity contribution in [3.63, 3.8) is 0 Å². The number of carboxylic acid groups (broad SMARTS) is 1. The number of carboxylic acids is 1. The number of aromatic nitrogens is 2. The molecular formula is C39H53F3N4O4. The number of rotatable bonds is 12. The first kappa shape index (κ1) is 36.6. The van der Waals surface area contributed by atoms with Gasteiger partial charge in [0.2, 0.25) is 0 Å². The van der Waals surface area contributed by atoms with E-state index in [9.17, 15) is 18.0 Å². The second-order valence-corrected chi connectivity index (χ2v) is 16.6. The fourth-order valence-electron chi connectivity index (χ4n) is 8.81. The molecule has 1 atom stereocenters. The molecule has 1 aromatic heterocycles. The summed E-state index contributed by atoms with van der Waals surface area (Å²) in [5.74, 6) is 0.000626. The van der Waals surface area contributed by atoms with Crippen molar-refractivity contribution in [2.45, 2.75) is 102 Å². The molecule has 1 aliphatic carbocycles. The topological polar surface area (TPSA) is 80.1 Å². The minimum atomic E-state index is -4.34. The van der Waals surface area contributed by atoms with Crippen molar-refractivity contribution in [3.05, 3.63) is 59.8 Å². The van der Waals surface area contributed by atoms with Gasteiger partial charge in [-0.25, -0.2) is 0 Å². The van der Waals surface area contributed by atoms with Crippen LogP contribution in [-0.2, 0) is 21.5 Å². The van der Waals surface area contributed by atoms with Gasteiger partial charge in [-0.05, 0) is 133 Å². The fourth-order valence-corrected chi connectivity index (χ4v) is 8.81. The maximum Gasteiger partial charge on any atom is 0.395 e. The molecule has 1 N–H and O–H groups in total. The van der Waals surface area contributed by atoms with Crippen LogP contribution in [0.4, 0.5) is 13.2 Å². The Morgan fingerprint density at radius 3 is 2.40 bits per heavy atom. The van der Waals surface area contributed by atoms with E-state index in [1.54, 1.807) is 7.11 Å². The summed E-state index contributed by atoms with van der Waals surface area (Å²) in [6, 6.07) is 14.5. The van der Waals surface area contributed by atoms with Crippen molar-refractivity contribution in [3.8, 4) is 5.75 Å². The Morgan fingerprint density at radius 1 is 1.08 bits per heavy atom. The van der Waals surface area contributed by atoms with Crippen LogP contribution in [-0.4, -0.2) is 88.9 Å². The van der Waals surface area contributed by atoms with Crippen LogP contribution in [0.25, 0.3) is 10.9 Å². The lowest BCUT2D eigenvalue weighted by Gasteiger charge is -2.52. The van der Waals surface area contributed by atoms with Gasteiger partial charge in [0.05, 0.1) is 36.2 Å². The van der Waals surface area contributed by atoms with E-state index >= 15 is 0 Å². The van der Waals surface area contributed by atoms with Crippen molar-refractivity contribution < 1.29 is 32.5 Å². The second kappa shape index (κ2) is 13.8. The van der Waals surface area contributed by atoms with Gasteiger partial charge in [0, 0.05) is 36.7 Å². The molecule has 0 unspecified atom stereocenters. The average molecular weight is 699 g/mol. The number of likely N-dealkylation sites (tertiary alicyclic amines) is 1. The van der Waals surface area contributed by atoms with Crippen molar-refractivity contribution in [2.75, 3.05) is 46.4 Å². The lowest BCUT2D eigenvalue weighted by molar-refractivity contribution is -0.217. The van der Waals surface area contributed by atoms with E-state index in [4.69, 9.17) is 19.7 Å². The van der Waals surface area contributed by atoms with Gasteiger partial charge < -0.3 is 14.6 Å². The monoisotopic (exact) mass is 698 g/mol. The summed E-state index contributed by atoms with van der Waals surface area (Å²) in [7, 11) is 1.64. The number of nitrogens with zero attached hydrogens (tertiary/aromatic N) is 4. The maximum absolute atomic E-state index is 14.3. The molecule has 2 aliphatic heterocycles. The Labute approximate surface area is 293 Å². The normalized spacial score (nSPS) is 23.0. The van der Waals surface area contributed by atoms with E-state index in [-0.39, 0.29) is 29.5 Å². The highest BCUT2D eigenvalue weighted by atomic mass is 19.4. The quantitative estimate of drug-likeness (QED) is 0.206. The molecule has 274 valence electrons. The molecular weight excluding hydrogens is 645 g/mol. The van der Waals surface area contributed by atoms with Gasteiger partial charge in [-0.15, -0.1) is 0 Å². The van der Waals surface area contributed by atoms with Gasteiger partial charge in [0.1, 0.15) is 5.75 Å². The third kappa shape index (κ3) is 8.00. The molecule has 2 aromatic carbocycles. The summed E-state index contributed by atoms with van der Waals surface area (Å²) in [6.07, 6.45) is 4.12. The lowest BCUT2D eigenvalue weighted by Crippen LogP contribution is -2.48. The van der Waals surface area contributed by atoms with Crippen LogP contribution in [0.3, 0.4) is 0 Å². The van der Waals surface area contributed by atoms with E-state index < -0.39 is 17.6 Å². The molecule has 50 heavy (non-hydrogen) atoms. The summed E-state index contributed by atoms with van der Waals surface area (Å²) in [4.78, 5) is 15.1. The fraction of sp³-hybridized carbons (Fsp3) is 0.641. The Bertz CT molecular complexity index is 1640. The minimum Gasteiger partial charge on any atom is -0.497 e. The summed E-state index contributed by atoms with van der Waals surface area (Å²) < 4.78 is 56.4. The number of methoxy groups -OCH3 is 1. The molecule has 1 saturated carbocycles. The standard InChI is InChI=1S/C39H53F3N4O4/c1-35(2,39(40,41)42)27-45(18-14-38(15-19-50-36(3,4)26-38)30-7-9-32(49-5)10-8-30)23-28-6-11-33-29(20-28)24-46(43-33)31-21-37(22-31)12-16-44(17-13-37)25-34(47)48/h6-11,20,24,31H,12-19,21-23,25-27H2,1-5H3,(H,47,48)/t38-/m1/s1. The highest BCUT2D eigenvalue weighted by Gasteiger charge is 2.49. The van der Waals surface area contributed by atoms with Gasteiger partial charge in [-0.1, -0.05) is 18.2 Å². The molecule has 11 heteroatoms. The smallest absolute Gasteiger partial charge is 0.395 e. The van der Waals surface area contributed by atoms with Gasteiger partial charge in [0.15, 0.2) is 0 Å². The van der Waals surface area contributed by atoms with Gasteiger partial charge in [0.25, 0.3) is 0 Å². The predicted molar refractivity (Wildman–Crippen MR) is 187 cm³/mol. The summed E-state index contributed by atoms with van der Waals surface area (Å²) in [6.45, 7) is 9.92. The number of ether oxygens (including phenoxy) is 2. The Kier molecular flexibility index (Phi) is 10.1. The van der Waals surface area contributed by atoms with Crippen molar-refractivity contribution in [2.24, 2.45) is 10.8 Å². The molecule has 3 heterocycles. The van der Waals surface area contributed by atoms with Crippen LogP contribution in [0.1, 0.15) is 89.8 Å². The molecule has 3 aliphatic rings. The minimum absolute atomic E-state index is 0.105. The first-order chi connectivity index (χ1) is 23.5. The number of benzene rings is 2. The summed E-state index contributed by atoms with van der Waals surface area (Å²) >= 11 is 0. The maximum atomic E-state index is 14.3. The highest BCUT2D eigenvalue weighted by molar-refractivity contribution is 5.78. The van der Waals surface area contributed by atoms with Crippen molar-refractivity contribution in [1.82, 2.24) is 19.6 Å². The van der Waals surface area contributed by atoms with E-state index in [0.29, 0.717) is 32.2 Å². The first-order valence-corrected chi connectivity index (χ1v) is 18.0. The van der Waals surface area contributed by atoms with Crippen LogP contribution < -0.4 is 4.74 Å². The predicted octanol–water partition coefficient (Wildman–Crippen LogP) is 7.85. The molecule has 3 fully saturated rings. The number of aliphatic carboxylic acids is 1. The van der Waals surface area contributed by atoms with Gasteiger partial charge in [-0.2, -0.15) is 18.3 Å². The number of hydrogen-bond donors (Lipinski definition) is 1. The van der Waals surface area contributed by atoms with E-state index in [2.05, 4.69) is 42.9 Å². The third-order valence-corrected chi connectivity index (χ3v) is 11.8. The SMILES string of the molecule is COc1ccc([C@]2(CCN(Cc3ccc4nn(C5CC6(CCN(CC(=O)O)CC6)C5)cc4c3)CC(C)(C)C(F)(F)F)CCOC(C)(C)C2)cc1. The second-order valence-electron chi connectivity index (χ2n) is 16.6. The van der Waals surface area contributed by atoms with Gasteiger partial charge >= 0.3 is 12.1 Å². The van der Waals surface area contributed by atoms with Crippen LogP contribution in [0.5, 0.6) is 5.75 Å². The number of halogens is 3. The zero-order valence-corrected chi connectivity index (χ0v) is 30.2. The van der Waals surface area contributed by atoms with Crippen molar-refractivity contribution in [1.29, 1.82) is 0 Å². The molecule has 0 radical (unpaired) electrons. The van der Waals surface area contributed by atoms with Gasteiger partial charge in [-0.3, -0.25) is 19.3 Å². The van der Waals surface area contributed by atoms with E-state index in [0.717, 1.165) is 73.8 Å². The number of piperidine rings is 1. The average Bonchev–Trinajstić information content (AvgIpc) is 3.45. The third-order valence-electron chi connectivity index (χ3n) is 11.8. The van der Waals surface area contributed by atoms with Crippen LogP contribution >= 0.6 is 0 Å². The van der Waals surface area contributed by atoms with Crippen molar-refractivity contribution >= 4 is 16.9 Å². The molecule has 1 spiro atoms. The summed E-state index contributed by atoms with van der Waals surface area (Å²) in [5, 5.41) is 15.0. The molecule has 2 saturated heterocycles. The molecule has 8 nitrogen and oxygen atoms in total. The number of hydrogen-bond acceptors (Lipinski definition) is 6. The Hall–Kier alpha value is -3.15. The summed E-state index contributed by atoms with van der Waals surface area (Å²) in [5.41, 5.74) is 0.810. The highest BCUT2D eigenvalue weighted by Crippen LogP contribution is 2.54. The number of alkyl halides is 3. The Morgan fingerprint density at radius 2 is 1.78 bits per heavy atom. The van der Waals surface area contributed by atoms with E-state index in [1.165, 1.54) is 19.4 Å². The van der Waals surface area contributed by atoms with Crippen LogP contribution in [0.2, 0.25) is 0 Å². The first-order valence-electron chi connectivity index (χ1n) is 18.0. The molecule has 0 bridgehead atoms. The number of carbonyl (C=O) groups is 1. The zero-order chi connectivity index (χ0) is 36.0. The molecule has 6 rings (SSSR count). The van der Waals surface area contributed by atoms with Crippen LogP contribution in [0, 0.1) is 10.8 Å². The molecule has 0 amide bonds. The number of fused-ring (bicyclic) bond motifs is 1. The van der Waals surface area contributed by atoms with E-state index in [1.807, 2.05) is 34.1 Å².